The first-order valence-electron chi connectivity index (χ1n) is 6.20. The van der Waals surface area contributed by atoms with E-state index < -0.39 is 15.6 Å². The second-order valence-corrected chi connectivity index (χ2v) is 6.75. The lowest BCUT2D eigenvalue weighted by molar-refractivity contribution is 0.0250. The lowest BCUT2D eigenvalue weighted by atomic mass is 10.0. The third kappa shape index (κ3) is 3.17. The number of ether oxygens (including phenoxy) is 1. The molecule has 0 aliphatic carbocycles. The lowest BCUT2D eigenvalue weighted by Crippen LogP contribution is -2.40. The van der Waals surface area contributed by atoms with E-state index >= 15 is 0 Å². The fourth-order valence-electron chi connectivity index (χ4n) is 2.17. The van der Waals surface area contributed by atoms with Crippen LogP contribution in [0, 0.1) is 6.92 Å². The Bertz CT molecular complexity index is 542. The number of aliphatic hydroxyl groups is 1. The molecule has 1 aliphatic heterocycles. The molecule has 0 amide bonds. The van der Waals surface area contributed by atoms with E-state index in [2.05, 4.69) is 4.72 Å². The molecule has 6 nitrogen and oxygen atoms in total. The zero-order valence-corrected chi connectivity index (χ0v) is 11.9. The van der Waals surface area contributed by atoms with Crippen LogP contribution in [-0.2, 0) is 21.4 Å². The van der Waals surface area contributed by atoms with E-state index in [0.29, 0.717) is 6.61 Å². The summed E-state index contributed by atoms with van der Waals surface area (Å²) in [7, 11) is -3.64. The first kappa shape index (κ1) is 14.5. The van der Waals surface area contributed by atoms with Gasteiger partial charge in [0.05, 0.1) is 5.60 Å². The number of aliphatic hydroxyl groups excluding tert-OH is 1. The van der Waals surface area contributed by atoms with E-state index in [1.165, 1.54) is 6.07 Å². The molecule has 1 aromatic heterocycles. The van der Waals surface area contributed by atoms with Crippen molar-refractivity contribution in [2.24, 2.45) is 0 Å². The molecular weight excluding hydrogens is 270 g/mol. The van der Waals surface area contributed by atoms with Gasteiger partial charge in [-0.3, -0.25) is 0 Å². The van der Waals surface area contributed by atoms with Crippen molar-refractivity contribution < 1.29 is 22.7 Å². The largest absolute Gasteiger partial charge is 0.462 e. The monoisotopic (exact) mass is 289 g/mol. The van der Waals surface area contributed by atoms with Crippen LogP contribution < -0.4 is 4.72 Å². The maximum absolute atomic E-state index is 12.2. The number of hydrogen-bond donors (Lipinski definition) is 2. The summed E-state index contributed by atoms with van der Waals surface area (Å²) in [5, 5.41) is 8.96. The Hall–Kier alpha value is -0.890. The summed E-state index contributed by atoms with van der Waals surface area (Å²) in [6.45, 7) is 4.02. The number of aryl methyl sites for hydroxylation is 1. The Balaban J connectivity index is 2.11. The summed E-state index contributed by atoms with van der Waals surface area (Å²) >= 11 is 0. The highest BCUT2D eigenvalue weighted by molar-refractivity contribution is 7.89. The Morgan fingerprint density at radius 2 is 2.26 bits per heavy atom. The van der Waals surface area contributed by atoms with Crippen molar-refractivity contribution in [2.75, 3.05) is 13.2 Å². The molecule has 19 heavy (non-hydrogen) atoms. The van der Waals surface area contributed by atoms with Gasteiger partial charge in [0.1, 0.15) is 23.0 Å². The van der Waals surface area contributed by atoms with Gasteiger partial charge in [0.2, 0.25) is 10.0 Å². The van der Waals surface area contributed by atoms with E-state index in [0.717, 1.165) is 12.8 Å². The smallest absolute Gasteiger partial charge is 0.244 e. The second-order valence-electron chi connectivity index (χ2n) is 5.02. The molecule has 2 rings (SSSR count). The molecule has 0 spiro atoms. The third-order valence-electron chi connectivity index (χ3n) is 3.31. The zero-order valence-electron chi connectivity index (χ0n) is 11.1. The molecule has 0 saturated carbocycles. The first-order chi connectivity index (χ1) is 8.86. The number of sulfonamides is 1. The van der Waals surface area contributed by atoms with Crippen LogP contribution in [-0.4, -0.2) is 32.3 Å². The van der Waals surface area contributed by atoms with Gasteiger partial charge in [-0.2, -0.15) is 0 Å². The predicted octanol–water partition coefficient (Wildman–Crippen LogP) is 0.928. The number of rotatable bonds is 5. The molecule has 1 unspecified atom stereocenters. The standard InChI is InChI=1S/C12H19NO5S/c1-9-11(6-10(7-14)18-9)19(15,16)13-8-12(2)4-3-5-17-12/h6,13-14H,3-5,7-8H2,1-2H3. The van der Waals surface area contributed by atoms with Gasteiger partial charge in [-0.05, 0) is 26.7 Å². The highest BCUT2D eigenvalue weighted by atomic mass is 32.2. The van der Waals surface area contributed by atoms with Gasteiger partial charge in [0, 0.05) is 19.2 Å². The molecule has 1 saturated heterocycles. The minimum Gasteiger partial charge on any atom is -0.462 e. The minimum atomic E-state index is -3.64. The molecule has 2 heterocycles. The van der Waals surface area contributed by atoms with Crippen LogP contribution in [0.5, 0.6) is 0 Å². The molecule has 0 radical (unpaired) electrons. The minimum absolute atomic E-state index is 0.0677. The topological polar surface area (TPSA) is 88.8 Å². The maximum atomic E-state index is 12.2. The van der Waals surface area contributed by atoms with E-state index in [1.807, 2.05) is 6.92 Å². The molecule has 1 atom stereocenters. The average Bonchev–Trinajstić information content (AvgIpc) is 2.94. The fraction of sp³-hybridized carbons (Fsp3) is 0.667. The highest BCUT2D eigenvalue weighted by Gasteiger charge is 2.32. The van der Waals surface area contributed by atoms with Crippen molar-refractivity contribution in [3.8, 4) is 0 Å². The molecule has 0 aromatic carbocycles. The highest BCUT2D eigenvalue weighted by Crippen LogP contribution is 2.25. The fourth-order valence-corrected chi connectivity index (χ4v) is 3.53. The van der Waals surface area contributed by atoms with Crippen LogP contribution in [0.3, 0.4) is 0 Å². The first-order valence-corrected chi connectivity index (χ1v) is 7.68. The molecular formula is C12H19NO5S. The van der Waals surface area contributed by atoms with Gasteiger partial charge in [-0.25, -0.2) is 13.1 Å². The molecule has 1 aliphatic rings. The molecule has 108 valence electrons. The summed E-state index contributed by atoms with van der Waals surface area (Å²) in [6, 6.07) is 1.34. The lowest BCUT2D eigenvalue weighted by Gasteiger charge is -2.23. The Morgan fingerprint density at radius 1 is 1.53 bits per heavy atom. The van der Waals surface area contributed by atoms with Crippen LogP contribution in [0.1, 0.15) is 31.3 Å². The average molecular weight is 289 g/mol. The molecule has 0 bridgehead atoms. The van der Waals surface area contributed by atoms with Crippen molar-refractivity contribution >= 4 is 10.0 Å². The van der Waals surface area contributed by atoms with Crippen LogP contribution >= 0.6 is 0 Å². The van der Waals surface area contributed by atoms with Crippen LogP contribution in [0.4, 0.5) is 0 Å². The van der Waals surface area contributed by atoms with Crippen molar-refractivity contribution in [1.29, 1.82) is 0 Å². The van der Waals surface area contributed by atoms with Crippen molar-refractivity contribution in [3.05, 3.63) is 17.6 Å². The predicted molar refractivity (Wildman–Crippen MR) is 68.1 cm³/mol. The van der Waals surface area contributed by atoms with Crippen LogP contribution in [0.25, 0.3) is 0 Å². The van der Waals surface area contributed by atoms with E-state index in [-0.39, 0.29) is 29.6 Å². The van der Waals surface area contributed by atoms with E-state index in [1.54, 1.807) is 6.92 Å². The Labute approximate surface area is 112 Å². The second kappa shape index (κ2) is 5.24. The van der Waals surface area contributed by atoms with E-state index in [9.17, 15) is 8.42 Å². The molecule has 7 heteroatoms. The summed E-state index contributed by atoms with van der Waals surface area (Å²) in [5.74, 6) is 0.509. The Morgan fingerprint density at radius 3 is 2.79 bits per heavy atom. The van der Waals surface area contributed by atoms with Crippen molar-refractivity contribution in [1.82, 2.24) is 4.72 Å². The van der Waals surface area contributed by atoms with Crippen LogP contribution in [0.15, 0.2) is 15.4 Å². The number of furan rings is 1. The quantitative estimate of drug-likeness (QED) is 0.841. The Kier molecular flexibility index (Phi) is 4.00. The maximum Gasteiger partial charge on any atom is 0.244 e. The summed E-state index contributed by atoms with van der Waals surface area (Å²) < 4.78 is 37.6. The summed E-state index contributed by atoms with van der Waals surface area (Å²) in [5.41, 5.74) is -0.440. The normalized spacial score (nSPS) is 23.9. The van der Waals surface area contributed by atoms with Crippen molar-refractivity contribution in [2.45, 2.75) is 43.8 Å². The van der Waals surface area contributed by atoms with Gasteiger partial charge in [0.15, 0.2) is 0 Å². The van der Waals surface area contributed by atoms with Gasteiger partial charge < -0.3 is 14.3 Å². The summed E-state index contributed by atoms with van der Waals surface area (Å²) in [6.07, 6.45) is 1.78. The molecule has 1 aromatic rings. The third-order valence-corrected chi connectivity index (χ3v) is 4.81. The van der Waals surface area contributed by atoms with Gasteiger partial charge in [-0.1, -0.05) is 0 Å². The number of hydrogen-bond acceptors (Lipinski definition) is 5. The summed E-state index contributed by atoms with van der Waals surface area (Å²) in [4.78, 5) is 0.0677. The molecule has 1 fully saturated rings. The SMILES string of the molecule is Cc1oc(CO)cc1S(=O)(=O)NCC1(C)CCCO1. The zero-order chi connectivity index (χ0) is 14.1. The van der Waals surface area contributed by atoms with Gasteiger partial charge >= 0.3 is 0 Å². The van der Waals surface area contributed by atoms with Crippen LogP contribution in [0.2, 0.25) is 0 Å². The van der Waals surface area contributed by atoms with Crippen molar-refractivity contribution in [3.63, 3.8) is 0 Å². The molecule has 2 N–H and O–H groups in total. The van der Waals surface area contributed by atoms with Gasteiger partial charge in [0.25, 0.3) is 0 Å². The van der Waals surface area contributed by atoms with E-state index in [4.69, 9.17) is 14.3 Å². The number of nitrogens with one attached hydrogen (secondary N) is 1. The van der Waals surface area contributed by atoms with Gasteiger partial charge in [-0.15, -0.1) is 0 Å².